The lowest BCUT2D eigenvalue weighted by atomic mass is 9.81. The number of carbonyl (C=O) groups is 2. The van der Waals surface area contributed by atoms with Crippen LogP contribution in [0.4, 0.5) is 28.0 Å². The first kappa shape index (κ1) is 24.0. The van der Waals surface area contributed by atoms with Crippen LogP contribution in [0.2, 0.25) is 0 Å². The van der Waals surface area contributed by atoms with Gasteiger partial charge in [0.15, 0.2) is 5.65 Å². The van der Waals surface area contributed by atoms with E-state index >= 15 is 0 Å². The van der Waals surface area contributed by atoms with Crippen LogP contribution in [0.25, 0.3) is 5.65 Å². The highest BCUT2D eigenvalue weighted by molar-refractivity contribution is 5.80. The summed E-state index contributed by atoms with van der Waals surface area (Å²) in [4.78, 5) is 28.0. The number of alkyl halides is 4. The maximum Gasteiger partial charge on any atom is 0.405 e. The van der Waals surface area contributed by atoms with E-state index in [0.29, 0.717) is 22.7 Å². The number of rotatable bonds is 6. The summed E-state index contributed by atoms with van der Waals surface area (Å²) >= 11 is 0. The Hall–Kier alpha value is -3.12. The van der Waals surface area contributed by atoms with Gasteiger partial charge in [-0.2, -0.15) is 5.10 Å². The minimum atomic E-state index is -3.00. The minimum absolute atomic E-state index is 0.0322. The fraction of sp³-hybridized carbons (Fsp3) is 0.619. The predicted molar refractivity (Wildman–Crippen MR) is 113 cm³/mol. The van der Waals surface area contributed by atoms with E-state index in [9.17, 15) is 32.3 Å². The van der Waals surface area contributed by atoms with Crippen molar-refractivity contribution in [2.75, 3.05) is 18.9 Å². The van der Waals surface area contributed by atoms with Crippen LogP contribution in [0.1, 0.15) is 49.5 Å². The number of hydrogen-bond acceptors (Lipinski definition) is 5. The SMILES string of the molecule is CNc1cc2nc([C@@H](NC(=O)O)C3CCC(F)(F)CC3)cn2nc1CC1CC(F)(F)CNC1=O. The monoisotopic (exact) mass is 486 g/mol. The lowest BCUT2D eigenvalue weighted by molar-refractivity contribution is -0.136. The predicted octanol–water partition coefficient (Wildman–Crippen LogP) is 3.22. The topological polar surface area (TPSA) is 121 Å². The normalized spacial score (nSPS) is 23.3. The lowest BCUT2D eigenvalue weighted by Gasteiger charge is -2.32. The summed E-state index contributed by atoms with van der Waals surface area (Å²) in [7, 11) is 1.62. The number of nitrogens with zero attached hydrogens (tertiary/aromatic N) is 3. The maximum atomic E-state index is 13.8. The van der Waals surface area contributed by atoms with E-state index < -0.39 is 48.8 Å². The molecule has 0 radical (unpaired) electrons. The van der Waals surface area contributed by atoms with Gasteiger partial charge in [-0.05, 0) is 18.8 Å². The number of halogens is 4. The number of nitrogens with one attached hydrogen (secondary N) is 3. The molecular weight excluding hydrogens is 460 g/mol. The molecule has 1 aliphatic heterocycles. The second-order valence-electron chi connectivity index (χ2n) is 9.02. The van der Waals surface area contributed by atoms with Crippen molar-refractivity contribution in [2.45, 2.75) is 56.4 Å². The van der Waals surface area contributed by atoms with Crippen LogP contribution < -0.4 is 16.0 Å². The smallest absolute Gasteiger partial charge is 0.405 e. The van der Waals surface area contributed by atoms with Gasteiger partial charge >= 0.3 is 6.09 Å². The molecule has 4 rings (SSSR count). The summed E-state index contributed by atoms with van der Waals surface area (Å²) < 4.78 is 56.3. The molecule has 1 saturated carbocycles. The fourth-order valence-electron chi connectivity index (χ4n) is 4.74. The van der Waals surface area contributed by atoms with Crippen molar-refractivity contribution >= 4 is 23.3 Å². The molecule has 1 saturated heterocycles. The molecule has 0 spiro atoms. The van der Waals surface area contributed by atoms with Crippen LogP contribution in [0.15, 0.2) is 12.3 Å². The zero-order valence-corrected chi connectivity index (χ0v) is 18.5. The zero-order valence-electron chi connectivity index (χ0n) is 18.5. The molecule has 34 heavy (non-hydrogen) atoms. The first-order valence-corrected chi connectivity index (χ1v) is 11.1. The molecule has 2 fully saturated rings. The first-order chi connectivity index (χ1) is 16.0. The van der Waals surface area contributed by atoms with E-state index in [2.05, 4.69) is 26.0 Å². The average molecular weight is 486 g/mol. The number of amides is 2. The number of carbonyl (C=O) groups excluding carboxylic acids is 1. The van der Waals surface area contributed by atoms with E-state index in [0.717, 1.165) is 0 Å². The minimum Gasteiger partial charge on any atom is -0.465 e. The lowest BCUT2D eigenvalue weighted by Crippen LogP contribution is -2.48. The van der Waals surface area contributed by atoms with Crippen molar-refractivity contribution in [1.29, 1.82) is 0 Å². The van der Waals surface area contributed by atoms with Crippen LogP contribution in [0.3, 0.4) is 0 Å². The van der Waals surface area contributed by atoms with Crippen molar-refractivity contribution in [2.24, 2.45) is 11.8 Å². The Balaban J connectivity index is 1.63. The molecule has 2 atom stereocenters. The molecule has 9 nitrogen and oxygen atoms in total. The van der Waals surface area contributed by atoms with Gasteiger partial charge in [0.1, 0.15) is 0 Å². The third-order valence-corrected chi connectivity index (χ3v) is 6.52. The summed E-state index contributed by atoms with van der Waals surface area (Å²) in [5.41, 5.74) is 1.55. The standard InChI is InChI=1S/C21H26F4N6O3/c1-26-13-7-16-28-15(17(29-19(33)34)11-2-4-20(22,23)5-3-11)9-31(16)30-14(13)6-12-8-21(24,25)10-27-18(12)32/h7,9,11-12,17,26,29H,2-6,8,10H2,1H3,(H,27,32)(H,33,34)/t12?,17-/m0/s1. The number of anilines is 1. The molecule has 1 unspecified atom stereocenters. The van der Waals surface area contributed by atoms with Gasteiger partial charge in [-0.3, -0.25) is 4.79 Å². The van der Waals surface area contributed by atoms with E-state index in [1.54, 1.807) is 13.1 Å². The number of aromatic nitrogens is 3. The van der Waals surface area contributed by atoms with Crippen LogP contribution in [0, 0.1) is 11.8 Å². The van der Waals surface area contributed by atoms with Crippen LogP contribution in [-0.2, 0) is 11.2 Å². The Kier molecular flexibility index (Phi) is 6.30. The van der Waals surface area contributed by atoms with Gasteiger partial charge in [0.2, 0.25) is 11.8 Å². The Labute approximate surface area is 192 Å². The summed E-state index contributed by atoms with van der Waals surface area (Å²) in [5, 5.41) is 21.3. The number of carboxylic acid groups (broad SMARTS) is 1. The molecule has 13 heteroatoms. The molecule has 1 aliphatic carbocycles. The van der Waals surface area contributed by atoms with Gasteiger partial charge in [0.25, 0.3) is 5.92 Å². The van der Waals surface area contributed by atoms with Gasteiger partial charge in [-0.25, -0.2) is 31.9 Å². The Morgan fingerprint density at radius 1 is 1.29 bits per heavy atom. The second-order valence-corrected chi connectivity index (χ2v) is 9.02. The molecule has 3 heterocycles. The van der Waals surface area contributed by atoms with Gasteiger partial charge < -0.3 is 21.1 Å². The zero-order chi connectivity index (χ0) is 24.7. The van der Waals surface area contributed by atoms with Crippen molar-refractivity contribution in [3.8, 4) is 0 Å². The van der Waals surface area contributed by atoms with E-state index in [4.69, 9.17) is 0 Å². The fourth-order valence-corrected chi connectivity index (χ4v) is 4.74. The largest absolute Gasteiger partial charge is 0.465 e. The van der Waals surface area contributed by atoms with Crippen LogP contribution in [0.5, 0.6) is 0 Å². The Morgan fingerprint density at radius 2 is 2.00 bits per heavy atom. The molecule has 2 aliphatic rings. The molecule has 2 amide bonds. The van der Waals surface area contributed by atoms with E-state index in [1.807, 2.05) is 0 Å². The highest BCUT2D eigenvalue weighted by Gasteiger charge is 2.41. The molecule has 4 N–H and O–H groups in total. The highest BCUT2D eigenvalue weighted by atomic mass is 19.3. The number of imidazole rings is 1. The molecule has 0 bridgehead atoms. The summed E-state index contributed by atoms with van der Waals surface area (Å²) in [6.45, 7) is -0.691. The quantitative estimate of drug-likeness (QED) is 0.466. The number of fused-ring (bicyclic) bond motifs is 1. The van der Waals surface area contributed by atoms with Crippen LogP contribution >= 0.6 is 0 Å². The number of piperidine rings is 1. The Bertz CT molecular complexity index is 1080. The Morgan fingerprint density at radius 3 is 2.65 bits per heavy atom. The van der Waals surface area contributed by atoms with Gasteiger partial charge in [0.05, 0.1) is 35.9 Å². The molecule has 186 valence electrons. The van der Waals surface area contributed by atoms with Crippen molar-refractivity contribution in [3.05, 3.63) is 23.7 Å². The summed E-state index contributed by atoms with van der Waals surface area (Å²) in [5.74, 6) is -7.56. The van der Waals surface area contributed by atoms with Crippen LogP contribution in [-0.4, -0.2) is 57.1 Å². The van der Waals surface area contributed by atoms with Crippen molar-refractivity contribution in [1.82, 2.24) is 25.2 Å². The van der Waals surface area contributed by atoms with Gasteiger partial charge in [-0.1, -0.05) is 0 Å². The highest BCUT2D eigenvalue weighted by Crippen LogP contribution is 2.41. The van der Waals surface area contributed by atoms with E-state index in [1.165, 1.54) is 10.7 Å². The van der Waals surface area contributed by atoms with Gasteiger partial charge in [0, 0.05) is 44.7 Å². The third kappa shape index (κ3) is 5.17. The average Bonchev–Trinajstić information content (AvgIpc) is 3.16. The number of hydrogen-bond donors (Lipinski definition) is 4. The molecular formula is C21H26F4N6O3. The first-order valence-electron chi connectivity index (χ1n) is 11.1. The summed E-state index contributed by atoms with van der Waals surface area (Å²) in [6.07, 6.45) is -0.806. The van der Waals surface area contributed by atoms with Crippen molar-refractivity contribution in [3.63, 3.8) is 0 Å². The maximum absolute atomic E-state index is 13.8. The summed E-state index contributed by atoms with van der Waals surface area (Å²) in [6, 6.07) is 0.817. The second kappa shape index (κ2) is 8.91. The van der Waals surface area contributed by atoms with E-state index in [-0.39, 0.29) is 38.0 Å². The van der Waals surface area contributed by atoms with Gasteiger partial charge in [-0.15, -0.1) is 0 Å². The molecule has 0 aromatic carbocycles. The molecule has 2 aromatic heterocycles. The third-order valence-electron chi connectivity index (χ3n) is 6.52. The van der Waals surface area contributed by atoms with Crippen molar-refractivity contribution < 1.29 is 32.3 Å². The molecule has 2 aromatic rings.